The van der Waals surface area contributed by atoms with Crippen LogP contribution in [0.1, 0.15) is 18.9 Å². The molecule has 1 amide bonds. The van der Waals surface area contributed by atoms with Gasteiger partial charge < -0.3 is 9.64 Å². The van der Waals surface area contributed by atoms with Crippen LogP contribution in [-0.2, 0) is 14.6 Å². The summed E-state index contributed by atoms with van der Waals surface area (Å²) in [5.74, 6) is 0.358. The third kappa shape index (κ3) is 3.93. The van der Waals surface area contributed by atoms with Crippen molar-refractivity contribution in [2.45, 2.75) is 32.4 Å². The first-order valence-electron chi connectivity index (χ1n) is 7.09. The number of hydrogen-bond acceptors (Lipinski definition) is 4. The van der Waals surface area contributed by atoms with Crippen LogP contribution in [-0.4, -0.2) is 49.9 Å². The van der Waals surface area contributed by atoms with Gasteiger partial charge >= 0.3 is 0 Å². The summed E-state index contributed by atoms with van der Waals surface area (Å²) in [6, 6.07) is 5.07. The average Bonchev–Trinajstić information content (AvgIpc) is 2.81. The largest absolute Gasteiger partial charge is 0.479 e. The van der Waals surface area contributed by atoms with Crippen LogP contribution in [0.15, 0.2) is 18.2 Å². The van der Waals surface area contributed by atoms with Crippen LogP contribution in [0.25, 0.3) is 0 Å². The number of sulfone groups is 1. The van der Waals surface area contributed by atoms with Crippen molar-refractivity contribution in [1.29, 1.82) is 0 Å². The maximum absolute atomic E-state index is 12.4. The lowest BCUT2D eigenvalue weighted by atomic mass is 10.2. The molecule has 1 aromatic rings. The first-order chi connectivity index (χ1) is 10.2. The predicted molar refractivity (Wildman–Crippen MR) is 86.1 cm³/mol. The molecule has 1 heterocycles. The quantitative estimate of drug-likeness (QED) is 0.838. The number of aryl methyl sites for hydroxylation is 1. The van der Waals surface area contributed by atoms with Crippen molar-refractivity contribution in [3.05, 3.63) is 28.8 Å². The number of likely N-dealkylation sites (N-methyl/N-ethyl adjacent to an activating group) is 1. The van der Waals surface area contributed by atoms with Gasteiger partial charge in [0, 0.05) is 13.1 Å². The van der Waals surface area contributed by atoms with E-state index in [9.17, 15) is 13.2 Å². The van der Waals surface area contributed by atoms with Gasteiger partial charge in [0.25, 0.3) is 5.91 Å². The highest BCUT2D eigenvalue weighted by Crippen LogP contribution is 2.27. The lowest BCUT2D eigenvalue weighted by molar-refractivity contribution is -0.138. The Kier molecular flexibility index (Phi) is 5.02. The van der Waals surface area contributed by atoms with E-state index in [0.717, 1.165) is 5.56 Å². The van der Waals surface area contributed by atoms with Crippen LogP contribution in [0.4, 0.5) is 0 Å². The summed E-state index contributed by atoms with van der Waals surface area (Å²) in [7, 11) is -1.41. The van der Waals surface area contributed by atoms with Crippen molar-refractivity contribution in [3.8, 4) is 5.75 Å². The highest BCUT2D eigenvalue weighted by Gasteiger charge is 2.34. The Bertz CT molecular complexity index is 674. The van der Waals surface area contributed by atoms with Crippen molar-refractivity contribution < 1.29 is 17.9 Å². The Morgan fingerprint density at radius 3 is 2.73 bits per heavy atom. The molecule has 0 aromatic heterocycles. The number of carbonyl (C=O) groups is 1. The molecule has 1 aromatic carbocycles. The highest BCUT2D eigenvalue weighted by atomic mass is 35.5. The standard InChI is InChI=1S/C15H20ClNO4S/c1-10-4-5-13(16)14(8-10)21-11(2)15(18)17(3)12-6-7-22(19,20)9-12/h4-5,8,11-12H,6-7,9H2,1-3H3. The maximum Gasteiger partial charge on any atom is 0.263 e. The Morgan fingerprint density at radius 2 is 2.14 bits per heavy atom. The number of nitrogens with zero attached hydrogens (tertiary/aromatic N) is 1. The van der Waals surface area contributed by atoms with Gasteiger partial charge in [0.2, 0.25) is 0 Å². The molecule has 0 bridgehead atoms. The second-order valence-corrected chi connectivity index (χ2v) is 8.34. The maximum atomic E-state index is 12.4. The van der Waals surface area contributed by atoms with Gasteiger partial charge in [0.1, 0.15) is 5.75 Å². The lowest BCUT2D eigenvalue weighted by Crippen LogP contribution is -2.44. The Hall–Kier alpha value is -1.27. The highest BCUT2D eigenvalue weighted by molar-refractivity contribution is 7.91. The summed E-state index contributed by atoms with van der Waals surface area (Å²) in [5, 5.41) is 0.441. The van der Waals surface area contributed by atoms with Crippen LogP contribution in [0.3, 0.4) is 0 Å². The van der Waals surface area contributed by atoms with Crippen molar-refractivity contribution in [3.63, 3.8) is 0 Å². The lowest BCUT2D eigenvalue weighted by Gasteiger charge is -2.27. The first-order valence-corrected chi connectivity index (χ1v) is 9.29. The molecule has 0 radical (unpaired) electrons. The summed E-state index contributed by atoms with van der Waals surface area (Å²) in [6.07, 6.45) is -0.254. The van der Waals surface area contributed by atoms with E-state index in [2.05, 4.69) is 0 Å². The molecule has 2 atom stereocenters. The second-order valence-electron chi connectivity index (χ2n) is 5.70. The monoisotopic (exact) mass is 345 g/mol. The fourth-order valence-corrected chi connectivity index (χ4v) is 4.43. The number of hydrogen-bond donors (Lipinski definition) is 0. The zero-order valence-electron chi connectivity index (χ0n) is 12.9. The van der Waals surface area contributed by atoms with Crippen LogP contribution in [0, 0.1) is 6.92 Å². The van der Waals surface area contributed by atoms with Crippen molar-refractivity contribution in [2.24, 2.45) is 0 Å². The summed E-state index contributed by atoms with van der Waals surface area (Å²) < 4.78 is 28.7. The molecule has 2 rings (SSSR count). The molecular weight excluding hydrogens is 326 g/mol. The second kappa shape index (κ2) is 6.46. The van der Waals surface area contributed by atoms with E-state index in [0.29, 0.717) is 17.2 Å². The van der Waals surface area contributed by atoms with E-state index < -0.39 is 15.9 Å². The molecule has 2 unspecified atom stereocenters. The molecule has 1 saturated heterocycles. The van der Waals surface area contributed by atoms with Gasteiger partial charge in [-0.15, -0.1) is 0 Å². The SMILES string of the molecule is Cc1ccc(Cl)c(OC(C)C(=O)N(C)C2CCS(=O)(=O)C2)c1. The van der Waals surface area contributed by atoms with Gasteiger partial charge in [-0.25, -0.2) is 8.42 Å². The first kappa shape index (κ1) is 17.1. The van der Waals surface area contributed by atoms with Crippen molar-refractivity contribution in [2.75, 3.05) is 18.6 Å². The molecule has 1 aliphatic heterocycles. The molecule has 0 spiro atoms. The third-order valence-electron chi connectivity index (χ3n) is 3.84. The van der Waals surface area contributed by atoms with Crippen LogP contribution < -0.4 is 4.74 Å². The zero-order chi connectivity index (χ0) is 16.5. The minimum absolute atomic E-state index is 0.0210. The molecule has 22 heavy (non-hydrogen) atoms. The number of rotatable bonds is 4. The van der Waals surface area contributed by atoms with Gasteiger partial charge in [0.15, 0.2) is 15.9 Å². The molecule has 5 nitrogen and oxygen atoms in total. The fraction of sp³-hybridized carbons (Fsp3) is 0.533. The van der Waals surface area contributed by atoms with Crippen LogP contribution in [0.5, 0.6) is 5.75 Å². The van der Waals surface area contributed by atoms with Crippen LogP contribution in [0.2, 0.25) is 5.02 Å². The molecule has 122 valence electrons. The van der Waals surface area contributed by atoms with Crippen LogP contribution >= 0.6 is 11.6 Å². The topological polar surface area (TPSA) is 63.7 Å². The fourth-order valence-electron chi connectivity index (χ4n) is 2.49. The average molecular weight is 346 g/mol. The van der Waals surface area contributed by atoms with E-state index in [4.69, 9.17) is 16.3 Å². The molecular formula is C15H20ClNO4S. The Labute approximate surface area is 136 Å². The molecule has 0 N–H and O–H groups in total. The van der Waals surface area contributed by atoms with Gasteiger partial charge in [-0.2, -0.15) is 0 Å². The van der Waals surface area contributed by atoms with E-state index >= 15 is 0 Å². The normalized spacial score (nSPS) is 21.4. The summed E-state index contributed by atoms with van der Waals surface area (Å²) in [5.41, 5.74) is 0.981. The minimum atomic E-state index is -3.03. The Balaban J connectivity index is 2.04. The van der Waals surface area contributed by atoms with Crippen molar-refractivity contribution in [1.82, 2.24) is 4.90 Å². The van der Waals surface area contributed by atoms with Crippen molar-refractivity contribution >= 4 is 27.3 Å². The predicted octanol–water partition coefficient (Wildman–Crippen LogP) is 2.06. The summed E-state index contributed by atoms with van der Waals surface area (Å²) in [4.78, 5) is 13.9. The Morgan fingerprint density at radius 1 is 1.45 bits per heavy atom. The van der Waals surface area contributed by atoms with Gasteiger partial charge in [0.05, 0.1) is 16.5 Å². The summed E-state index contributed by atoms with van der Waals surface area (Å²) >= 11 is 6.06. The molecule has 0 saturated carbocycles. The molecule has 0 aliphatic carbocycles. The van der Waals surface area contributed by atoms with Gasteiger partial charge in [-0.3, -0.25) is 4.79 Å². The number of amides is 1. The van der Waals surface area contributed by atoms with E-state index in [1.54, 1.807) is 26.1 Å². The number of halogens is 1. The third-order valence-corrected chi connectivity index (χ3v) is 5.90. The molecule has 1 aliphatic rings. The van der Waals surface area contributed by atoms with E-state index in [1.807, 2.05) is 13.0 Å². The number of benzene rings is 1. The zero-order valence-corrected chi connectivity index (χ0v) is 14.4. The number of ether oxygens (including phenoxy) is 1. The van der Waals surface area contributed by atoms with E-state index in [1.165, 1.54) is 4.90 Å². The molecule has 1 fully saturated rings. The van der Waals surface area contributed by atoms with Gasteiger partial charge in [-0.1, -0.05) is 17.7 Å². The van der Waals surface area contributed by atoms with E-state index in [-0.39, 0.29) is 23.5 Å². The minimum Gasteiger partial charge on any atom is -0.479 e. The number of carbonyl (C=O) groups excluding carboxylic acids is 1. The van der Waals surface area contributed by atoms with Gasteiger partial charge in [-0.05, 0) is 38.0 Å². The smallest absolute Gasteiger partial charge is 0.263 e. The summed E-state index contributed by atoms with van der Waals surface area (Å²) in [6.45, 7) is 3.55. The molecule has 7 heteroatoms.